The number of carbonyl (C=O) groups is 1. The van der Waals surface area contributed by atoms with Crippen LogP contribution in [0.15, 0.2) is 76.5 Å². The zero-order valence-corrected chi connectivity index (χ0v) is 27.5. The monoisotopic (exact) mass is 712 g/mol. The van der Waals surface area contributed by atoms with E-state index in [1.807, 2.05) is 0 Å². The van der Waals surface area contributed by atoms with Crippen LogP contribution in [-0.4, -0.2) is 51.3 Å². The number of nitrogens with zero attached hydrogens (tertiary/aromatic N) is 4. The normalized spacial score (nSPS) is 24.1. The quantitative estimate of drug-likeness (QED) is 0.0806. The van der Waals surface area contributed by atoms with Gasteiger partial charge in [0.25, 0.3) is 5.56 Å². The number of aromatic nitrogens is 2. The molecule has 1 unspecified atom stereocenters. The number of hydrogen-bond acceptors (Lipinski definition) is 5. The molecule has 0 bridgehead atoms. The molecule has 3 aromatic carbocycles. The fraction of sp³-hybridized carbons (Fsp3) is 0.395. The van der Waals surface area contributed by atoms with Gasteiger partial charge in [-0.1, -0.05) is 80.9 Å². The maximum absolute atomic E-state index is 15.0. The number of benzene rings is 3. The van der Waals surface area contributed by atoms with Crippen LogP contribution in [0.2, 0.25) is 0 Å². The largest absolute Gasteiger partial charge is 0.416 e. The Morgan fingerprint density at radius 3 is 2.39 bits per heavy atom. The van der Waals surface area contributed by atoms with Crippen LogP contribution in [-0.2, 0) is 42.5 Å². The molecular weight excluding hydrogens is 653 g/mol. The first-order chi connectivity index (χ1) is 30.4. The summed E-state index contributed by atoms with van der Waals surface area (Å²) in [7, 11) is 0. The Morgan fingerprint density at radius 2 is 1.73 bits per heavy atom. The SMILES string of the molecule is [2H]c1c([2H])c(-c2c([2H])c([2H])c(C(F)(F)F)c(C)c2[2H])c([2H])c([2H])c1CN(C(=O)Cn1c(SC([2H])([2H])c2ccc(F)cc2)nc(=O)c2c1C([2H])([2H])C([2H])(C)C2([2H])[2H])C([2H])([2H])C([2H])([2H])N(CC)CC. The molecule has 11 heteroatoms. The molecule has 1 aliphatic carbocycles. The summed E-state index contributed by atoms with van der Waals surface area (Å²) < 4.78 is 215. The van der Waals surface area contributed by atoms with Gasteiger partial charge in [0.05, 0.1) is 17.9 Å². The number of carbonyl (C=O) groups excluding carboxylic acids is 1. The number of rotatable bonds is 13. The number of thioether (sulfide) groups is 1. The van der Waals surface area contributed by atoms with Gasteiger partial charge < -0.3 is 14.4 Å². The van der Waals surface area contributed by atoms with Gasteiger partial charge in [-0.05, 0) is 84.6 Å². The summed E-state index contributed by atoms with van der Waals surface area (Å²) in [4.78, 5) is 33.5. The van der Waals surface area contributed by atoms with E-state index in [0.29, 0.717) is 4.57 Å². The molecule has 49 heavy (non-hydrogen) atoms. The lowest BCUT2D eigenvalue weighted by Crippen LogP contribution is -2.40. The average Bonchev–Trinajstić information content (AvgIpc) is 3.31. The van der Waals surface area contributed by atoms with Gasteiger partial charge in [0.15, 0.2) is 5.16 Å². The molecular formula is C38H42F4N4O2S. The second-order valence-electron chi connectivity index (χ2n) is 10.6. The number of fused-ring (bicyclic) bond motifs is 1. The zero-order valence-electron chi connectivity index (χ0n) is 44.7. The van der Waals surface area contributed by atoms with Crippen LogP contribution < -0.4 is 5.56 Å². The summed E-state index contributed by atoms with van der Waals surface area (Å²) in [6.45, 7) is -5.51. The van der Waals surface area contributed by atoms with Gasteiger partial charge in [-0.2, -0.15) is 18.2 Å². The van der Waals surface area contributed by atoms with Gasteiger partial charge in [-0.15, -0.1) is 0 Å². The molecule has 1 aromatic heterocycles. The van der Waals surface area contributed by atoms with E-state index in [9.17, 15) is 29.9 Å². The molecule has 0 saturated carbocycles. The standard InChI is InChI=1S/C38H42F4N4O2S/c1-5-44(6-2)17-18-45(22-27-7-11-29(12-8-27)30-13-16-33(26(4)21-30)38(40,41)42)35(47)23-46-34-20-25(3)19-32(34)36(48)43-37(46)49-24-28-9-14-31(39)15-10-28/h7-16,21,25H,5-6,17-20,22-24H2,1-4H3/i7D,8D,11D,12D,13D,16D,17D2,18D2,19D2,20D2,21D,24D2,25D. The first-order valence-electron chi connectivity index (χ1n) is 23.8. The van der Waals surface area contributed by atoms with Gasteiger partial charge in [0.1, 0.15) is 12.4 Å². The minimum absolute atomic E-state index is 0.0598. The molecule has 0 spiro atoms. The van der Waals surface area contributed by atoms with Crippen molar-refractivity contribution in [2.24, 2.45) is 5.89 Å². The summed E-state index contributed by atoms with van der Waals surface area (Å²) >= 11 is 0.0598. The third kappa shape index (κ3) is 8.99. The van der Waals surface area contributed by atoms with Crippen molar-refractivity contribution in [3.8, 4) is 11.1 Å². The number of halogens is 4. The topological polar surface area (TPSA) is 58.4 Å². The van der Waals surface area contributed by atoms with Gasteiger partial charge in [-0.25, -0.2) is 4.39 Å². The molecule has 1 atom stereocenters. The predicted octanol–water partition coefficient (Wildman–Crippen LogP) is 7.77. The minimum Gasteiger partial charge on any atom is -0.336 e. The summed E-state index contributed by atoms with van der Waals surface area (Å²) in [6.07, 6.45) is -11.6. The van der Waals surface area contributed by atoms with E-state index in [4.69, 9.17) is 21.9 Å². The van der Waals surface area contributed by atoms with E-state index in [1.165, 1.54) is 13.8 Å². The first kappa shape index (κ1) is 19.4. The lowest BCUT2D eigenvalue weighted by atomic mass is 9.98. The lowest BCUT2D eigenvalue weighted by Gasteiger charge is -2.28. The highest BCUT2D eigenvalue weighted by Gasteiger charge is 2.32. The van der Waals surface area contributed by atoms with Crippen LogP contribution in [0.3, 0.4) is 0 Å². The molecule has 6 nitrogen and oxygen atoms in total. The Morgan fingerprint density at radius 1 is 1.06 bits per heavy atom. The Balaban J connectivity index is 1.81. The van der Waals surface area contributed by atoms with Crippen LogP contribution in [0.4, 0.5) is 17.6 Å². The minimum atomic E-state index is -5.21. The van der Waals surface area contributed by atoms with E-state index in [1.54, 1.807) is 0 Å². The molecule has 1 aliphatic rings. The van der Waals surface area contributed by atoms with E-state index in [2.05, 4.69) is 4.98 Å². The highest BCUT2D eigenvalue weighted by atomic mass is 32.2. The van der Waals surface area contributed by atoms with E-state index in [0.717, 1.165) is 43.0 Å². The molecule has 0 aliphatic heterocycles. The fourth-order valence-electron chi connectivity index (χ4n) is 4.55. The molecule has 1 amide bonds. The molecule has 1 heterocycles. The van der Waals surface area contributed by atoms with Crippen molar-refractivity contribution in [2.75, 3.05) is 26.1 Å². The van der Waals surface area contributed by atoms with Gasteiger partial charge >= 0.3 is 6.18 Å². The molecule has 260 valence electrons. The second-order valence-corrected chi connectivity index (χ2v) is 11.3. The fourth-order valence-corrected chi connectivity index (χ4v) is 5.29. The zero-order chi connectivity index (χ0) is 51.3. The van der Waals surface area contributed by atoms with Crippen LogP contribution in [0.5, 0.6) is 0 Å². The summed E-state index contributed by atoms with van der Waals surface area (Å²) in [6, 6.07) is -4.38. The molecule has 4 aromatic rings. The Hall–Kier alpha value is -3.96. The number of amides is 1. The van der Waals surface area contributed by atoms with Gasteiger partial charge in [-0.3, -0.25) is 9.59 Å². The Labute approximate surface area is 314 Å². The predicted molar refractivity (Wildman–Crippen MR) is 186 cm³/mol. The average molecular weight is 713 g/mol. The van der Waals surface area contributed by atoms with Crippen molar-refractivity contribution < 1.29 is 47.0 Å². The number of alkyl halides is 3. The van der Waals surface area contributed by atoms with Crippen LogP contribution >= 0.6 is 11.8 Å². The van der Waals surface area contributed by atoms with Crippen molar-refractivity contribution in [3.05, 3.63) is 116 Å². The van der Waals surface area contributed by atoms with Crippen LogP contribution in [0.25, 0.3) is 11.1 Å². The first-order valence-corrected chi connectivity index (χ1v) is 15.7. The molecule has 0 radical (unpaired) electrons. The van der Waals surface area contributed by atoms with Crippen molar-refractivity contribution in [1.82, 2.24) is 19.4 Å². The Bertz CT molecular complexity index is 2660. The van der Waals surface area contributed by atoms with Crippen LogP contribution in [0, 0.1) is 18.6 Å². The van der Waals surface area contributed by atoms with Crippen molar-refractivity contribution >= 4 is 17.7 Å². The van der Waals surface area contributed by atoms with Gasteiger partial charge in [0, 0.05) is 48.8 Å². The van der Waals surface area contributed by atoms with Gasteiger partial charge in [0.2, 0.25) is 5.91 Å². The highest BCUT2D eigenvalue weighted by molar-refractivity contribution is 7.98. The number of likely N-dealkylation sites (N-methyl/N-ethyl adjacent to an activating group) is 1. The van der Waals surface area contributed by atoms with Crippen molar-refractivity contribution in [1.29, 1.82) is 0 Å². The lowest BCUT2D eigenvalue weighted by molar-refractivity contribution is -0.138. The molecule has 0 N–H and O–H groups in total. The van der Waals surface area contributed by atoms with E-state index >= 15 is 0 Å². The molecule has 0 saturated heterocycles. The van der Waals surface area contributed by atoms with Crippen molar-refractivity contribution in [3.63, 3.8) is 0 Å². The van der Waals surface area contributed by atoms with Crippen LogP contribution in [0.1, 0.15) is 79.0 Å². The summed E-state index contributed by atoms with van der Waals surface area (Å²) in [5, 5.41) is -0.845. The molecule has 0 fully saturated rings. The Kier molecular flexibility index (Phi) is 6.24. The third-order valence-corrected chi connectivity index (χ3v) is 7.93. The van der Waals surface area contributed by atoms with Crippen molar-refractivity contribution in [2.45, 2.75) is 70.6 Å². The third-order valence-electron chi connectivity index (χ3n) is 7.10. The number of hydrogen-bond donors (Lipinski definition) is 0. The highest BCUT2D eigenvalue weighted by Crippen LogP contribution is 2.34. The smallest absolute Gasteiger partial charge is 0.336 e. The second kappa shape index (κ2) is 15.7. The maximum Gasteiger partial charge on any atom is 0.416 e. The molecule has 5 rings (SSSR count). The maximum atomic E-state index is 15.0. The summed E-state index contributed by atoms with van der Waals surface area (Å²) in [5.41, 5.74) is -11.6. The summed E-state index contributed by atoms with van der Waals surface area (Å²) in [5.74, 6) is -5.22. The van der Waals surface area contributed by atoms with E-state index in [-0.39, 0.29) is 35.3 Å². The van der Waals surface area contributed by atoms with E-state index < -0.39 is 160 Å².